The minimum absolute atomic E-state index is 0.0107. The van der Waals surface area contributed by atoms with E-state index < -0.39 is 12.1 Å². The van der Waals surface area contributed by atoms with Crippen molar-refractivity contribution in [3.05, 3.63) is 42.6 Å². The highest BCUT2D eigenvalue weighted by Gasteiger charge is 2.51. The largest absolute Gasteiger partial charge is 0.351 e. The molecule has 2 bridgehead atoms. The van der Waals surface area contributed by atoms with E-state index in [0.29, 0.717) is 25.2 Å². The molecule has 3 aromatic rings. The number of nitriles is 1. The minimum Gasteiger partial charge on any atom is -0.351 e. The smallest absolute Gasteiger partial charge is 0.229 e. The van der Waals surface area contributed by atoms with Crippen LogP contribution >= 0.6 is 0 Å². The molecule has 2 saturated heterocycles. The molecule has 0 aromatic carbocycles. The average molecular weight is 417 g/mol. The average Bonchev–Trinajstić information content (AvgIpc) is 3.25. The molecule has 3 aliphatic rings. The third kappa shape index (κ3) is 2.93. The van der Waals surface area contributed by atoms with E-state index in [-0.39, 0.29) is 18.0 Å². The van der Waals surface area contributed by atoms with Crippen LogP contribution in [0.15, 0.2) is 36.9 Å². The van der Waals surface area contributed by atoms with Crippen molar-refractivity contribution in [1.82, 2.24) is 24.5 Å². The molecule has 9 heteroatoms. The number of halogens is 1. The van der Waals surface area contributed by atoms with Gasteiger partial charge in [0, 0.05) is 43.1 Å². The van der Waals surface area contributed by atoms with Crippen LogP contribution in [0.2, 0.25) is 0 Å². The Kier molecular flexibility index (Phi) is 3.96. The van der Waals surface area contributed by atoms with E-state index in [4.69, 9.17) is 5.26 Å². The third-order valence-corrected chi connectivity index (χ3v) is 6.66. The van der Waals surface area contributed by atoms with Gasteiger partial charge < -0.3 is 9.80 Å². The maximum atomic E-state index is 13.5. The van der Waals surface area contributed by atoms with Crippen LogP contribution in [0, 0.1) is 17.2 Å². The van der Waals surface area contributed by atoms with Gasteiger partial charge in [-0.25, -0.2) is 18.9 Å². The Morgan fingerprint density at radius 3 is 2.65 bits per heavy atom. The fourth-order valence-electron chi connectivity index (χ4n) is 5.04. The summed E-state index contributed by atoms with van der Waals surface area (Å²) in [7, 11) is 0. The summed E-state index contributed by atoms with van der Waals surface area (Å²) in [5.74, 6) is 0.394. The molecule has 1 saturated carbocycles. The van der Waals surface area contributed by atoms with Gasteiger partial charge in [-0.05, 0) is 43.0 Å². The Labute approximate surface area is 177 Å². The zero-order valence-corrected chi connectivity index (χ0v) is 16.7. The number of fused-ring (bicyclic) bond motifs is 3. The molecule has 0 spiro atoms. The van der Waals surface area contributed by atoms with E-state index in [0.717, 1.165) is 35.3 Å². The molecule has 156 valence electrons. The molecule has 1 amide bonds. The summed E-state index contributed by atoms with van der Waals surface area (Å²) in [4.78, 5) is 25.5. The molecule has 5 heterocycles. The van der Waals surface area contributed by atoms with E-state index >= 15 is 0 Å². The van der Waals surface area contributed by atoms with Gasteiger partial charge in [-0.2, -0.15) is 10.4 Å². The van der Waals surface area contributed by atoms with Gasteiger partial charge >= 0.3 is 0 Å². The second-order valence-corrected chi connectivity index (χ2v) is 8.58. The third-order valence-electron chi connectivity index (χ3n) is 6.66. The number of piperazine rings is 1. The summed E-state index contributed by atoms with van der Waals surface area (Å²) in [6, 6.07) is 7.90. The zero-order valence-electron chi connectivity index (χ0n) is 16.7. The normalized spacial score (nSPS) is 26.8. The lowest BCUT2D eigenvalue weighted by Crippen LogP contribution is -2.56. The van der Waals surface area contributed by atoms with Crippen molar-refractivity contribution in [2.75, 3.05) is 18.0 Å². The standard InChI is InChI=1S/C22H20FN7O/c23-19-7-18(19)22(31)30-16-1-2-17(30)11-28(10-16)21-20-6-14(9-29(20)27-12-26-21)13-3-4-25-15(5-13)8-24/h3-6,9,12,16-19H,1-2,7,10-11H2/t16?,17?,18-,19-/m1/s1. The van der Waals surface area contributed by atoms with E-state index in [9.17, 15) is 9.18 Å². The maximum absolute atomic E-state index is 13.5. The number of aromatic nitrogens is 4. The van der Waals surface area contributed by atoms with Gasteiger partial charge in [0.15, 0.2) is 5.82 Å². The van der Waals surface area contributed by atoms with Crippen molar-refractivity contribution in [3.63, 3.8) is 0 Å². The number of anilines is 1. The molecule has 8 nitrogen and oxygen atoms in total. The number of alkyl halides is 1. The second-order valence-electron chi connectivity index (χ2n) is 8.58. The summed E-state index contributed by atoms with van der Waals surface area (Å²) >= 11 is 0. The lowest BCUT2D eigenvalue weighted by Gasteiger charge is -2.41. The summed E-state index contributed by atoms with van der Waals surface area (Å²) < 4.78 is 15.3. The zero-order chi connectivity index (χ0) is 21.1. The maximum Gasteiger partial charge on any atom is 0.229 e. The second kappa shape index (κ2) is 6.74. The Morgan fingerprint density at radius 1 is 1.16 bits per heavy atom. The highest BCUT2D eigenvalue weighted by molar-refractivity contribution is 5.84. The number of hydrogen-bond donors (Lipinski definition) is 0. The van der Waals surface area contributed by atoms with Crippen molar-refractivity contribution < 1.29 is 9.18 Å². The number of nitrogens with zero attached hydrogens (tertiary/aromatic N) is 7. The first-order chi connectivity index (χ1) is 15.1. The van der Waals surface area contributed by atoms with Crippen molar-refractivity contribution >= 4 is 17.2 Å². The summed E-state index contributed by atoms with van der Waals surface area (Å²) in [5.41, 5.74) is 3.06. The molecule has 0 radical (unpaired) electrons. The number of hydrogen-bond acceptors (Lipinski definition) is 6. The lowest BCUT2D eigenvalue weighted by atomic mass is 10.1. The van der Waals surface area contributed by atoms with E-state index in [1.807, 2.05) is 23.2 Å². The van der Waals surface area contributed by atoms with Crippen LogP contribution in [0.1, 0.15) is 25.0 Å². The Hall–Kier alpha value is -3.54. The van der Waals surface area contributed by atoms with Gasteiger partial charge in [0.05, 0.1) is 5.92 Å². The number of carbonyl (C=O) groups excluding carboxylic acids is 1. The molecule has 0 N–H and O–H groups in total. The fraction of sp³-hybridized carbons (Fsp3) is 0.409. The molecule has 31 heavy (non-hydrogen) atoms. The van der Waals surface area contributed by atoms with E-state index in [1.165, 1.54) is 6.33 Å². The van der Waals surface area contributed by atoms with Crippen LogP contribution in [0.5, 0.6) is 0 Å². The highest BCUT2D eigenvalue weighted by Crippen LogP contribution is 2.41. The van der Waals surface area contributed by atoms with Crippen LogP contribution in [0.4, 0.5) is 10.2 Å². The molecule has 6 rings (SSSR count). The molecule has 3 fully saturated rings. The topological polar surface area (TPSA) is 90.4 Å². The lowest BCUT2D eigenvalue weighted by molar-refractivity contribution is -0.136. The van der Waals surface area contributed by atoms with E-state index in [2.05, 4.69) is 26.0 Å². The van der Waals surface area contributed by atoms with Gasteiger partial charge in [-0.15, -0.1) is 0 Å². The summed E-state index contributed by atoms with van der Waals surface area (Å²) in [6.45, 7) is 1.37. The Morgan fingerprint density at radius 2 is 1.94 bits per heavy atom. The van der Waals surface area contributed by atoms with Crippen molar-refractivity contribution in [3.8, 4) is 17.2 Å². The van der Waals surface area contributed by atoms with Crippen LogP contribution in [-0.4, -0.2) is 61.7 Å². The number of carbonyl (C=O) groups is 1. The van der Waals surface area contributed by atoms with Crippen LogP contribution in [0.3, 0.4) is 0 Å². The van der Waals surface area contributed by atoms with Gasteiger partial charge in [-0.1, -0.05) is 0 Å². The van der Waals surface area contributed by atoms with Crippen LogP contribution in [-0.2, 0) is 4.79 Å². The Bertz CT molecular complexity index is 1220. The summed E-state index contributed by atoms with van der Waals surface area (Å²) in [6.07, 6.45) is 6.38. The first-order valence-electron chi connectivity index (χ1n) is 10.5. The number of pyridine rings is 1. The monoisotopic (exact) mass is 417 g/mol. The SMILES string of the molecule is N#Cc1cc(-c2cc3c(N4CC5CCC(C4)N5C(=O)[C@@H]4C[C@H]4F)ncnn3c2)ccn1. The number of rotatable bonds is 3. The fourth-order valence-corrected chi connectivity index (χ4v) is 5.04. The van der Waals surface area contributed by atoms with Crippen molar-refractivity contribution in [2.45, 2.75) is 37.5 Å². The molecule has 3 aromatic heterocycles. The van der Waals surface area contributed by atoms with E-state index in [1.54, 1.807) is 16.8 Å². The quantitative estimate of drug-likeness (QED) is 0.649. The minimum atomic E-state index is -0.958. The van der Waals surface area contributed by atoms with Crippen LogP contribution in [0.25, 0.3) is 16.6 Å². The molecule has 2 aliphatic heterocycles. The first-order valence-corrected chi connectivity index (χ1v) is 10.5. The predicted molar refractivity (Wildman–Crippen MR) is 110 cm³/mol. The molecule has 2 unspecified atom stereocenters. The molecular weight excluding hydrogens is 397 g/mol. The molecule has 1 aliphatic carbocycles. The van der Waals surface area contributed by atoms with Crippen molar-refractivity contribution in [2.24, 2.45) is 5.92 Å². The van der Waals surface area contributed by atoms with Crippen molar-refractivity contribution in [1.29, 1.82) is 5.26 Å². The number of amides is 1. The van der Waals surface area contributed by atoms with Crippen LogP contribution < -0.4 is 4.90 Å². The summed E-state index contributed by atoms with van der Waals surface area (Å²) in [5, 5.41) is 13.5. The molecular formula is C22H20FN7O. The van der Waals surface area contributed by atoms with Gasteiger partial charge in [-0.3, -0.25) is 4.79 Å². The highest BCUT2D eigenvalue weighted by atomic mass is 19.1. The predicted octanol–water partition coefficient (Wildman–Crippen LogP) is 2.20. The van der Waals surface area contributed by atoms with Gasteiger partial charge in [0.25, 0.3) is 0 Å². The first kappa shape index (κ1) is 18.2. The van der Waals surface area contributed by atoms with Gasteiger partial charge in [0.2, 0.25) is 5.91 Å². The Balaban J connectivity index is 1.31. The molecule has 4 atom stereocenters. The van der Waals surface area contributed by atoms with Gasteiger partial charge in [0.1, 0.15) is 29.8 Å².